The molecule has 2 amide bonds. The Morgan fingerprint density at radius 3 is 2.68 bits per heavy atom. The van der Waals surface area contributed by atoms with Gasteiger partial charge in [0.05, 0.1) is 12.2 Å². The summed E-state index contributed by atoms with van der Waals surface area (Å²) in [6, 6.07) is 0. The van der Waals surface area contributed by atoms with Gasteiger partial charge in [-0.1, -0.05) is 17.2 Å². The van der Waals surface area contributed by atoms with Crippen molar-refractivity contribution in [2.75, 3.05) is 19.6 Å². The summed E-state index contributed by atoms with van der Waals surface area (Å²) in [6.07, 6.45) is 4.90. The van der Waals surface area contributed by atoms with E-state index in [0.717, 1.165) is 37.1 Å². The average Bonchev–Trinajstić information content (AvgIpc) is 3.31. The third-order valence-corrected chi connectivity index (χ3v) is 5.81. The molecule has 0 aromatic carbocycles. The maximum absolute atomic E-state index is 12.4. The molecule has 150 valence electrons. The summed E-state index contributed by atoms with van der Waals surface area (Å²) in [7, 11) is 0. The molecule has 9 heteroatoms. The average molecular weight is 387 g/mol. The monoisotopic (exact) mass is 387 g/mol. The van der Waals surface area contributed by atoms with Crippen LogP contribution in [-0.4, -0.2) is 51.8 Å². The SMILES string of the molecule is Cc1nonc1C(=O)NCC(=O)N1CCC(c2onc3c2CC(C)CC3)CC1. The Hall–Kier alpha value is -2.71. The third kappa shape index (κ3) is 3.65. The van der Waals surface area contributed by atoms with Gasteiger partial charge in [0.2, 0.25) is 5.91 Å². The number of nitrogens with one attached hydrogen (secondary N) is 1. The van der Waals surface area contributed by atoms with Gasteiger partial charge in [0, 0.05) is 24.6 Å². The molecule has 0 radical (unpaired) electrons. The highest BCUT2D eigenvalue weighted by molar-refractivity contribution is 5.95. The Labute approximate surface area is 162 Å². The first-order valence-electron chi connectivity index (χ1n) is 9.85. The molecule has 2 aromatic rings. The van der Waals surface area contributed by atoms with Gasteiger partial charge < -0.3 is 14.7 Å². The van der Waals surface area contributed by atoms with Crippen molar-refractivity contribution in [2.45, 2.75) is 51.9 Å². The Morgan fingerprint density at radius 1 is 1.18 bits per heavy atom. The maximum Gasteiger partial charge on any atom is 0.275 e. The van der Waals surface area contributed by atoms with E-state index < -0.39 is 5.91 Å². The molecule has 1 aliphatic heterocycles. The highest BCUT2D eigenvalue weighted by atomic mass is 16.6. The second-order valence-electron chi connectivity index (χ2n) is 7.86. The minimum absolute atomic E-state index is 0.0645. The quantitative estimate of drug-likeness (QED) is 0.848. The van der Waals surface area contributed by atoms with E-state index in [1.165, 1.54) is 12.0 Å². The van der Waals surface area contributed by atoms with Crippen LogP contribution in [-0.2, 0) is 17.6 Å². The smallest absolute Gasteiger partial charge is 0.275 e. The van der Waals surface area contributed by atoms with Crippen molar-refractivity contribution in [1.29, 1.82) is 0 Å². The third-order valence-electron chi connectivity index (χ3n) is 5.81. The van der Waals surface area contributed by atoms with Crippen LogP contribution in [0.2, 0.25) is 0 Å². The van der Waals surface area contributed by atoms with Gasteiger partial charge in [0.15, 0.2) is 5.69 Å². The van der Waals surface area contributed by atoms with Crippen LogP contribution in [0.1, 0.15) is 65.3 Å². The van der Waals surface area contributed by atoms with Crippen molar-refractivity contribution in [3.8, 4) is 0 Å². The molecule has 2 aliphatic rings. The van der Waals surface area contributed by atoms with Gasteiger partial charge in [-0.3, -0.25) is 9.59 Å². The molecule has 3 heterocycles. The lowest BCUT2D eigenvalue weighted by atomic mass is 9.83. The molecule has 1 aliphatic carbocycles. The highest BCUT2D eigenvalue weighted by Gasteiger charge is 2.31. The Morgan fingerprint density at radius 2 is 1.96 bits per heavy atom. The number of aryl methyl sites for hydroxylation is 2. The predicted octanol–water partition coefficient (Wildman–Crippen LogP) is 1.63. The maximum atomic E-state index is 12.4. The number of carbonyl (C=O) groups is 2. The summed E-state index contributed by atoms with van der Waals surface area (Å²) in [5.41, 5.74) is 2.92. The zero-order valence-electron chi connectivity index (χ0n) is 16.2. The van der Waals surface area contributed by atoms with Crippen LogP contribution >= 0.6 is 0 Å². The van der Waals surface area contributed by atoms with E-state index in [1.807, 2.05) is 0 Å². The molecule has 1 unspecified atom stereocenters. The van der Waals surface area contributed by atoms with Crippen molar-refractivity contribution in [3.63, 3.8) is 0 Å². The first-order chi connectivity index (χ1) is 13.5. The summed E-state index contributed by atoms with van der Waals surface area (Å²) in [4.78, 5) is 26.3. The molecule has 28 heavy (non-hydrogen) atoms. The molecule has 1 N–H and O–H groups in total. The van der Waals surface area contributed by atoms with E-state index >= 15 is 0 Å². The lowest BCUT2D eigenvalue weighted by molar-refractivity contribution is -0.131. The molecule has 9 nitrogen and oxygen atoms in total. The van der Waals surface area contributed by atoms with Crippen LogP contribution in [0.3, 0.4) is 0 Å². The summed E-state index contributed by atoms with van der Waals surface area (Å²) < 4.78 is 10.2. The van der Waals surface area contributed by atoms with E-state index in [9.17, 15) is 9.59 Å². The number of nitrogens with zero attached hydrogens (tertiary/aromatic N) is 4. The molecular formula is C19H25N5O4. The van der Waals surface area contributed by atoms with Crippen molar-refractivity contribution >= 4 is 11.8 Å². The van der Waals surface area contributed by atoms with Crippen LogP contribution in [0.25, 0.3) is 0 Å². The summed E-state index contributed by atoms with van der Waals surface area (Å²) in [5, 5.41) is 14.0. The number of carbonyl (C=O) groups excluding carboxylic acids is 2. The highest BCUT2D eigenvalue weighted by Crippen LogP contribution is 2.36. The zero-order valence-corrected chi connectivity index (χ0v) is 16.2. The van der Waals surface area contributed by atoms with Crippen LogP contribution in [0.5, 0.6) is 0 Å². The van der Waals surface area contributed by atoms with Crippen LogP contribution < -0.4 is 5.32 Å². The molecule has 1 saturated heterocycles. The van der Waals surface area contributed by atoms with Gasteiger partial charge >= 0.3 is 0 Å². The number of aromatic nitrogens is 3. The second kappa shape index (κ2) is 7.73. The molecular weight excluding hydrogens is 362 g/mol. The van der Waals surface area contributed by atoms with E-state index in [4.69, 9.17) is 4.52 Å². The summed E-state index contributed by atoms with van der Waals surface area (Å²) in [6.45, 7) is 5.13. The van der Waals surface area contributed by atoms with Gasteiger partial charge in [0.25, 0.3) is 5.91 Å². The first-order valence-corrected chi connectivity index (χ1v) is 9.85. The fourth-order valence-corrected chi connectivity index (χ4v) is 4.11. The summed E-state index contributed by atoms with van der Waals surface area (Å²) in [5.74, 6) is 1.44. The fourth-order valence-electron chi connectivity index (χ4n) is 4.11. The number of hydrogen-bond acceptors (Lipinski definition) is 7. The number of hydrogen-bond donors (Lipinski definition) is 1. The minimum Gasteiger partial charge on any atom is -0.361 e. The molecule has 4 rings (SSSR count). The van der Waals surface area contributed by atoms with Crippen LogP contribution in [0, 0.1) is 12.8 Å². The largest absolute Gasteiger partial charge is 0.361 e. The molecule has 1 atom stereocenters. The van der Waals surface area contributed by atoms with Gasteiger partial charge in [-0.2, -0.15) is 0 Å². The fraction of sp³-hybridized carbons (Fsp3) is 0.632. The Kier molecular flexibility index (Phi) is 5.15. The Balaban J connectivity index is 1.30. The Bertz CT molecular complexity index is 866. The molecule has 0 bridgehead atoms. The van der Waals surface area contributed by atoms with Crippen LogP contribution in [0.4, 0.5) is 0 Å². The number of likely N-dealkylation sites (tertiary alicyclic amines) is 1. The van der Waals surface area contributed by atoms with E-state index in [0.29, 0.717) is 30.6 Å². The van der Waals surface area contributed by atoms with Gasteiger partial charge in [-0.25, -0.2) is 4.63 Å². The molecule has 0 saturated carbocycles. The standard InChI is InChI=1S/C19H25N5O4/c1-11-3-4-15-14(9-11)18(27-22-15)13-5-7-24(8-6-13)16(25)10-20-19(26)17-12(2)21-28-23-17/h11,13H,3-10H2,1-2H3,(H,20,26). The normalized spacial score (nSPS) is 20.1. The first kappa shape index (κ1) is 18.6. The number of piperidine rings is 1. The van der Waals surface area contributed by atoms with Crippen molar-refractivity contribution in [3.05, 3.63) is 28.4 Å². The predicted molar refractivity (Wildman–Crippen MR) is 97.6 cm³/mol. The van der Waals surface area contributed by atoms with Crippen LogP contribution in [0.15, 0.2) is 9.15 Å². The van der Waals surface area contributed by atoms with Gasteiger partial charge in [-0.15, -0.1) is 0 Å². The van der Waals surface area contributed by atoms with Crippen molar-refractivity contribution in [1.82, 2.24) is 25.7 Å². The van der Waals surface area contributed by atoms with Crippen molar-refractivity contribution < 1.29 is 18.7 Å². The lowest BCUT2D eigenvalue weighted by Gasteiger charge is -2.31. The second-order valence-corrected chi connectivity index (χ2v) is 7.86. The van der Waals surface area contributed by atoms with Gasteiger partial charge in [0.1, 0.15) is 11.5 Å². The number of amides is 2. The zero-order chi connectivity index (χ0) is 19.7. The molecule has 2 aromatic heterocycles. The number of fused-ring (bicyclic) bond motifs is 1. The van der Waals surface area contributed by atoms with Gasteiger partial charge in [-0.05, 0) is 50.1 Å². The molecule has 1 fully saturated rings. The van der Waals surface area contributed by atoms with E-state index in [1.54, 1.807) is 11.8 Å². The van der Waals surface area contributed by atoms with Crippen molar-refractivity contribution in [2.24, 2.45) is 5.92 Å². The lowest BCUT2D eigenvalue weighted by Crippen LogP contribution is -2.44. The van der Waals surface area contributed by atoms with E-state index in [-0.39, 0.29) is 18.1 Å². The number of rotatable bonds is 4. The minimum atomic E-state index is -0.454. The van der Waals surface area contributed by atoms with E-state index in [2.05, 4.69) is 32.3 Å². The summed E-state index contributed by atoms with van der Waals surface area (Å²) >= 11 is 0. The topological polar surface area (TPSA) is 114 Å². The molecule has 0 spiro atoms.